The molecule has 0 aromatic heterocycles. The van der Waals surface area contributed by atoms with Crippen LogP contribution in [0.25, 0.3) is 0 Å². The molecule has 0 spiro atoms. The second-order valence-corrected chi connectivity index (χ2v) is 9.69. The lowest BCUT2D eigenvalue weighted by Crippen LogP contribution is -1.52. The first kappa shape index (κ1) is 87.9. The summed E-state index contributed by atoms with van der Waals surface area (Å²) in [5.74, 6) is 0. The minimum absolute atomic E-state index is 1.31. The van der Waals surface area contributed by atoms with Crippen molar-refractivity contribution in [3.05, 3.63) is 0 Å². The summed E-state index contributed by atoms with van der Waals surface area (Å²) >= 11 is 0. The van der Waals surface area contributed by atoms with Crippen molar-refractivity contribution in [3.63, 3.8) is 0 Å². The van der Waals surface area contributed by atoms with Crippen LogP contribution in [-0.2, 0) is 0 Å². The first-order chi connectivity index (χ1) is 54.9. The van der Waals surface area contributed by atoms with Gasteiger partial charge in [0.1, 0.15) is 0 Å². The van der Waals surface area contributed by atoms with Crippen molar-refractivity contribution in [2.24, 2.45) is 559 Å². The highest BCUT2D eigenvalue weighted by Crippen LogP contribution is 1.99. The fourth-order valence-corrected chi connectivity index (χ4v) is 1.90. The molecule has 0 radical (unpaired) electrons. The summed E-state index contributed by atoms with van der Waals surface area (Å²) in [4.78, 5) is 0. The van der Waals surface area contributed by atoms with Crippen molar-refractivity contribution < 1.29 is 0 Å². The summed E-state index contributed by atoms with van der Waals surface area (Å²) < 4.78 is 0. The van der Waals surface area contributed by atoms with E-state index in [4.69, 9.17) is 10.8 Å². The predicted molar refractivity (Wildman–Crippen MR) is 268 cm³/mol. The summed E-state index contributed by atoms with van der Waals surface area (Å²) in [5.41, 5.74) is 6.27. The van der Waals surface area contributed by atoms with Crippen molar-refractivity contribution in [1.29, 1.82) is 10.8 Å². The molecule has 0 aromatic rings. The maximum Gasteiger partial charge on any atom is 0.227 e. The topological polar surface area (TPSA) is 1370 Å². The van der Waals surface area contributed by atoms with Crippen LogP contribution in [0.15, 0.2) is 559 Å². The quantitative estimate of drug-likeness (QED) is 0.0346. The molecule has 0 aromatic carbocycles. The Balaban J connectivity index is 4.13. The van der Waals surface area contributed by atoms with Crippen LogP contribution < -0.4 is 0 Å². The van der Waals surface area contributed by atoms with E-state index in [0.717, 1.165) is 0 Å². The largest absolute Gasteiger partial charge is 0.227 e. The molecule has 0 aliphatic rings. The van der Waals surface area contributed by atoms with Crippen molar-refractivity contribution in [2.45, 2.75) is 0 Å². The van der Waals surface area contributed by atoms with Crippen LogP contribution in [0.1, 0.15) is 0 Å². The first-order valence-corrected chi connectivity index (χ1v) is 21.9. The Morgan fingerprint density at radius 1 is 0.0909 bits per heavy atom. The van der Waals surface area contributed by atoms with Gasteiger partial charge >= 0.3 is 0 Å². The van der Waals surface area contributed by atoms with Crippen molar-refractivity contribution in [3.8, 4) is 6.19 Å². The highest BCUT2D eigenvalue weighted by atomic mass is 15.8. The fourth-order valence-electron chi connectivity index (χ4n) is 1.90. The molecule has 0 amide bonds. The van der Waals surface area contributed by atoms with Gasteiger partial charge in [0.05, 0.1) is 0 Å². The van der Waals surface area contributed by atoms with E-state index in [1.54, 1.807) is 0 Å². The Morgan fingerprint density at radius 3 is 0.200 bits per heavy atom. The summed E-state index contributed by atoms with van der Waals surface area (Å²) in [6.07, 6.45) is 1.31. The lowest BCUT2D eigenvalue weighted by atomic mass is 11.5. The Kier molecular flexibility index (Phi) is 69.4. The van der Waals surface area contributed by atoms with Gasteiger partial charge in [-0.25, -0.2) is 0 Å². The third-order valence-electron chi connectivity index (χ3n) is 4.29. The van der Waals surface area contributed by atoms with Crippen LogP contribution in [0.2, 0.25) is 0 Å². The first-order valence-electron chi connectivity index (χ1n) is 21.9. The van der Waals surface area contributed by atoms with Gasteiger partial charge in [-0.1, -0.05) is 0 Å². The second-order valence-electron chi connectivity index (χ2n) is 9.69. The van der Waals surface area contributed by atoms with Crippen molar-refractivity contribution in [2.75, 3.05) is 0 Å². The molecular weight excluding hydrogens is 1540 g/mol. The molecule has 1 N–H and O–H groups in total. The maximum absolute atomic E-state index is 8.03. The Morgan fingerprint density at radius 2 is 0.145 bits per heavy atom. The van der Waals surface area contributed by atoms with Crippen LogP contribution in [0.5, 0.6) is 0 Å². The zero-order valence-corrected chi connectivity index (χ0v) is 49.3. The normalized spacial score (nSPS) is 15.6. The standard InChI is InChI=1S/CHN109/c2-1-4-6-8-10-12-14-16-18-20-22-24-26-28-30-32-34-36-38-40-42-44-46-48-50-52-54-56-58-60-62-64-66-68-70-72-74-76-78-80-82-84-86-88-90-92-94-96-98-100-102-104-106-108-110-109-107-105-103-101-99-97-95-93-91-89-87-85-83-81-79-77-75-73-71-69-67-65-63-61-59-57-55-53-51-49-47-45-43-41-39-37-35-33-31-29-27-25-23-21-19-17-15-13-11-9-7-5-3/h3H/b5-3?,6-4?,9-7+,10-8+,13-11+,14-12+,17-15+,18-16+,21-19+,22-20+,25-23+,26-24+,29-27+,30-28+,33-31+,34-32+,37-35+,38-36+,41-39+,42-40+,45-43+,46-44+,49-47+,50-48+,53-51+,54-52+,57-55+,58-56+,61-59+,62-60+,65-63+,66-64+,69-67+,70-68+,73-71+,74-72+,77-75+,78-76+,81-79+,82-80+,85-83+,86-84+,89-87+,90-88+,93-91+,94-92+,97-95+,98-96+,101-99+,102-100+,105-103+,106-104+,109-107+,110-108+. The Bertz CT molecular complexity index is 4170. The minimum Gasteiger partial charge on any atom is -0.183 e. The molecule has 109 nitrogen and oxygen atoms in total. The van der Waals surface area contributed by atoms with Crippen LogP contribution in [0, 0.1) is 17.0 Å². The fraction of sp³-hybridized carbons (Fsp3) is 0. The molecule has 0 saturated carbocycles. The number of nitrogens with zero attached hydrogens (tertiary/aromatic N) is 108. The molecule has 0 aliphatic heterocycles. The second kappa shape index (κ2) is 86.9. The summed E-state index contributed by atoms with van der Waals surface area (Å²) in [6.45, 7) is 0. The average Bonchev–Trinajstić information content (AvgIpc) is 3.58. The highest BCUT2D eigenvalue weighted by Gasteiger charge is 1.81. The number of hydrogen-bond donors (Lipinski definition) is 1. The molecule has 550 valence electrons. The van der Waals surface area contributed by atoms with Crippen LogP contribution in [0.4, 0.5) is 0 Å². The van der Waals surface area contributed by atoms with E-state index >= 15 is 0 Å². The lowest BCUT2D eigenvalue weighted by molar-refractivity contribution is 0.723. The summed E-state index contributed by atoms with van der Waals surface area (Å²) in [7, 11) is 0. The molecule has 0 fully saturated rings. The molecule has 109 heteroatoms. The lowest BCUT2D eigenvalue weighted by Gasteiger charge is -1.71. The number of hydrogen-bond acceptors (Lipinski definition) is 3. The van der Waals surface area contributed by atoms with E-state index in [-0.39, 0.29) is 0 Å². The molecule has 0 saturated heterocycles. The number of nitriles is 1. The number of nitrogens with one attached hydrogen (secondary N) is 1. The molecule has 0 atom stereocenters. The van der Waals surface area contributed by atoms with Crippen molar-refractivity contribution in [1.82, 2.24) is 0 Å². The number of rotatable bonds is 53. The van der Waals surface area contributed by atoms with Gasteiger partial charge in [-0.3, -0.25) is 0 Å². The molecule has 0 aliphatic carbocycles. The summed E-state index contributed by atoms with van der Waals surface area (Å²) in [5, 5.41) is 327. The third kappa shape index (κ3) is 85.9. The predicted octanol–water partition coefficient (Wildman–Crippen LogP) is 20.0. The van der Waals surface area contributed by atoms with Gasteiger partial charge in [0, 0.05) is 470 Å². The zero-order chi connectivity index (χ0) is 78.4. The van der Waals surface area contributed by atoms with Gasteiger partial charge in [-0.2, -0.15) is 10.8 Å². The maximum atomic E-state index is 8.03. The monoisotopic (exact) mass is 1540 g/mol. The smallest absolute Gasteiger partial charge is 0.183 e. The van der Waals surface area contributed by atoms with Gasteiger partial charge in [0.15, 0.2) is 0 Å². The molecule has 0 bridgehead atoms. The minimum atomic E-state index is 1.31. The van der Waals surface area contributed by atoms with Crippen LogP contribution in [0.3, 0.4) is 0 Å². The van der Waals surface area contributed by atoms with E-state index in [2.05, 4.69) is 559 Å². The van der Waals surface area contributed by atoms with Crippen LogP contribution >= 0.6 is 0 Å². The van der Waals surface area contributed by atoms with E-state index in [0.29, 0.717) is 0 Å². The van der Waals surface area contributed by atoms with Gasteiger partial charge in [0.2, 0.25) is 6.19 Å². The van der Waals surface area contributed by atoms with Gasteiger partial charge < -0.3 is 0 Å². The summed E-state index contributed by atoms with van der Waals surface area (Å²) in [6, 6.07) is 0. The molecule has 0 unspecified atom stereocenters. The molecule has 0 heterocycles. The van der Waals surface area contributed by atoms with Crippen molar-refractivity contribution >= 4 is 0 Å². The van der Waals surface area contributed by atoms with E-state index < -0.39 is 0 Å². The Hall–Kier alpha value is -22.1. The van der Waals surface area contributed by atoms with E-state index in [1.165, 1.54) is 6.19 Å². The SMILES string of the molecule is N#CN=N/N=N/N=N/N=N/N=N/N=N/N=N/N=N/N=N/N=N/N=N/N=N/N=N/N=N/N=N/N=N/N=N/N=N/N=N/N=N/N=N/N=N/N=N/N=N/N=N/N=N/N=N/N=N/N=N/N=N/N=N/N=N/N=N/N=N/N=N/N=N/N=N/N=N/N=N/N=N/N=N/N=N/N=N/N=N/N=N/N=N/N=N/N=N/N=N/N=N/N=N/N=N/N=N/N=N. The van der Waals surface area contributed by atoms with Gasteiger partial charge in [0.25, 0.3) is 0 Å². The highest BCUT2D eigenvalue weighted by molar-refractivity contribution is 4.56. The van der Waals surface area contributed by atoms with E-state index in [1.807, 2.05) is 0 Å². The van der Waals surface area contributed by atoms with Crippen LogP contribution in [-0.4, -0.2) is 0 Å². The zero-order valence-electron chi connectivity index (χ0n) is 49.3. The molecule has 110 heavy (non-hydrogen) atoms. The van der Waals surface area contributed by atoms with E-state index in [9.17, 15) is 0 Å². The van der Waals surface area contributed by atoms with Gasteiger partial charge in [-0.15, -0.1) is 0 Å². The molecule has 0 rings (SSSR count). The average molecular weight is 1540 g/mol. The van der Waals surface area contributed by atoms with Gasteiger partial charge in [-0.05, 0) is 88.7 Å². The third-order valence-corrected chi connectivity index (χ3v) is 4.29. The Labute approximate surface area is 575 Å². The molecular formula is CHN109.